The molecule has 25 heavy (non-hydrogen) atoms. The Labute approximate surface area is 145 Å². The average molecular weight is 341 g/mol. The number of amides is 1. The van der Waals surface area contributed by atoms with Gasteiger partial charge in [0.25, 0.3) is 0 Å². The van der Waals surface area contributed by atoms with Crippen molar-refractivity contribution in [2.45, 2.75) is 19.3 Å². The van der Waals surface area contributed by atoms with E-state index in [1.807, 2.05) is 24.3 Å². The second kappa shape index (κ2) is 8.28. The fraction of sp³-hybridized carbons (Fsp3) is 0.263. The highest BCUT2D eigenvalue weighted by Crippen LogP contribution is 2.15. The van der Waals surface area contributed by atoms with Gasteiger partial charge in [-0.25, -0.2) is 9.37 Å². The van der Waals surface area contributed by atoms with Crippen molar-refractivity contribution in [1.29, 1.82) is 0 Å². The van der Waals surface area contributed by atoms with Gasteiger partial charge in [0, 0.05) is 19.4 Å². The maximum absolute atomic E-state index is 13.4. The summed E-state index contributed by atoms with van der Waals surface area (Å²) in [6.45, 7) is 0.824. The van der Waals surface area contributed by atoms with Crippen LogP contribution < -0.4 is 10.1 Å². The van der Waals surface area contributed by atoms with Crippen LogP contribution in [0.3, 0.4) is 0 Å². The largest absolute Gasteiger partial charge is 0.491 e. The molecule has 0 saturated heterocycles. The topological polar surface area (TPSA) is 67.0 Å². The molecule has 2 aromatic carbocycles. The van der Waals surface area contributed by atoms with Crippen LogP contribution in [0.25, 0.3) is 11.0 Å². The summed E-state index contributed by atoms with van der Waals surface area (Å²) in [4.78, 5) is 19.5. The summed E-state index contributed by atoms with van der Waals surface area (Å²) in [5.74, 6) is 0.628. The first-order valence-corrected chi connectivity index (χ1v) is 8.30. The number of nitrogens with zero attached hydrogens (tertiary/aromatic N) is 1. The predicted octanol–water partition coefficient (Wildman–Crippen LogP) is 3.22. The number of hydrogen-bond donors (Lipinski definition) is 2. The lowest BCUT2D eigenvalue weighted by atomic mass is 10.3. The Morgan fingerprint density at radius 1 is 1.16 bits per heavy atom. The lowest BCUT2D eigenvalue weighted by molar-refractivity contribution is -0.121. The molecule has 0 saturated carbocycles. The molecule has 1 aromatic heterocycles. The second-order valence-electron chi connectivity index (χ2n) is 5.68. The monoisotopic (exact) mass is 341 g/mol. The number of nitrogens with one attached hydrogen (secondary N) is 2. The zero-order chi connectivity index (χ0) is 17.5. The Morgan fingerprint density at radius 2 is 1.96 bits per heavy atom. The molecular weight excluding hydrogens is 321 g/mol. The molecule has 2 N–H and O–H groups in total. The SMILES string of the molecule is O=C(CCCOc1ccccc1F)NCCc1nc2ccccc2[nH]1. The number of aromatic nitrogens is 2. The summed E-state index contributed by atoms with van der Waals surface area (Å²) < 4.78 is 18.7. The van der Waals surface area contributed by atoms with E-state index in [0.717, 1.165) is 16.9 Å². The molecule has 5 nitrogen and oxygen atoms in total. The molecular formula is C19H20FN3O2. The van der Waals surface area contributed by atoms with Gasteiger partial charge in [-0.15, -0.1) is 0 Å². The molecule has 0 bridgehead atoms. The van der Waals surface area contributed by atoms with E-state index in [0.29, 0.717) is 32.4 Å². The van der Waals surface area contributed by atoms with Gasteiger partial charge in [-0.05, 0) is 30.7 Å². The zero-order valence-electron chi connectivity index (χ0n) is 13.8. The molecule has 0 atom stereocenters. The van der Waals surface area contributed by atoms with Crippen LogP contribution in [0.4, 0.5) is 4.39 Å². The molecule has 0 fully saturated rings. The molecule has 3 aromatic rings. The van der Waals surface area contributed by atoms with Crippen molar-refractivity contribution in [2.24, 2.45) is 0 Å². The first-order chi connectivity index (χ1) is 12.2. The number of carbonyl (C=O) groups excluding carboxylic acids is 1. The normalized spacial score (nSPS) is 10.8. The van der Waals surface area contributed by atoms with Crippen LogP contribution in [0.2, 0.25) is 0 Å². The number of benzene rings is 2. The first kappa shape index (κ1) is 17.0. The molecule has 0 aliphatic rings. The summed E-state index contributed by atoms with van der Waals surface area (Å²) in [6, 6.07) is 14.1. The van der Waals surface area contributed by atoms with E-state index in [2.05, 4.69) is 15.3 Å². The van der Waals surface area contributed by atoms with Crippen molar-refractivity contribution in [3.8, 4) is 5.75 Å². The number of imidazole rings is 1. The Hall–Kier alpha value is -2.89. The Balaban J connectivity index is 1.33. The van der Waals surface area contributed by atoms with Gasteiger partial charge in [-0.2, -0.15) is 0 Å². The second-order valence-corrected chi connectivity index (χ2v) is 5.68. The summed E-state index contributed by atoms with van der Waals surface area (Å²) in [5.41, 5.74) is 1.92. The molecule has 0 radical (unpaired) electrons. The van der Waals surface area contributed by atoms with E-state index >= 15 is 0 Å². The number of ether oxygens (including phenoxy) is 1. The summed E-state index contributed by atoms with van der Waals surface area (Å²) in [7, 11) is 0. The molecule has 6 heteroatoms. The van der Waals surface area contributed by atoms with Gasteiger partial charge < -0.3 is 15.0 Å². The molecule has 3 rings (SSSR count). The maximum atomic E-state index is 13.4. The van der Waals surface area contributed by atoms with Crippen molar-refractivity contribution in [2.75, 3.05) is 13.2 Å². The third-order valence-electron chi connectivity index (χ3n) is 3.76. The molecule has 130 valence electrons. The van der Waals surface area contributed by atoms with Gasteiger partial charge in [-0.1, -0.05) is 24.3 Å². The van der Waals surface area contributed by atoms with Crippen LogP contribution in [0.5, 0.6) is 5.75 Å². The highest BCUT2D eigenvalue weighted by molar-refractivity contribution is 5.76. The number of halogens is 1. The molecule has 0 unspecified atom stereocenters. The van der Waals surface area contributed by atoms with E-state index in [1.54, 1.807) is 18.2 Å². The van der Waals surface area contributed by atoms with E-state index in [9.17, 15) is 9.18 Å². The van der Waals surface area contributed by atoms with E-state index in [-0.39, 0.29) is 11.7 Å². The van der Waals surface area contributed by atoms with E-state index in [1.165, 1.54) is 6.07 Å². The molecule has 1 amide bonds. The van der Waals surface area contributed by atoms with Gasteiger partial charge in [0.15, 0.2) is 11.6 Å². The van der Waals surface area contributed by atoms with Gasteiger partial charge in [0.1, 0.15) is 5.82 Å². The van der Waals surface area contributed by atoms with Crippen molar-refractivity contribution in [1.82, 2.24) is 15.3 Å². The third-order valence-corrected chi connectivity index (χ3v) is 3.76. The summed E-state index contributed by atoms with van der Waals surface area (Å²) in [5, 5.41) is 2.86. The minimum atomic E-state index is -0.391. The lowest BCUT2D eigenvalue weighted by Gasteiger charge is -2.07. The number of aromatic amines is 1. The number of rotatable bonds is 8. The van der Waals surface area contributed by atoms with Gasteiger partial charge in [-0.3, -0.25) is 4.79 Å². The summed E-state index contributed by atoms with van der Waals surface area (Å²) >= 11 is 0. The van der Waals surface area contributed by atoms with Crippen LogP contribution in [0.15, 0.2) is 48.5 Å². The number of fused-ring (bicyclic) bond motifs is 1. The number of carbonyl (C=O) groups is 1. The highest BCUT2D eigenvalue weighted by atomic mass is 19.1. The van der Waals surface area contributed by atoms with Crippen molar-refractivity contribution in [3.05, 3.63) is 60.2 Å². The molecule has 1 heterocycles. The highest BCUT2D eigenvalue weighted by Gasteiger charge is 2.05. The maximum Gasteiger partial charge on any atom is 0.220 e. The average Bonchev–Trinajstić information content (AvgIpc) is 3.03. The van der Waals surface area contributed by atoms with Gasteiger partial charge >= 0.3 is 0 Å². The third kappa shape index (κ3) is 4.79. The molecule has 0 aliphatic carbocycles. The number of hydrogen-bond acceptors (Lipinski definition) is 3. The zero-order valence-corrected chi connectivity index (χ0v) is 13.8. The van der Waals surface area contributed by atoms with Crippen molar-refractivity contribution >= 4 is 16.9 Å². The van der Waals surface area contributed by atoms with E-state index < -0.39 is 5.82 Å². The van der Waals surface area contributed by atoms with E-state index in [4.69, 9.17) is 4.74 Å². The fourth-order valence-electron chi connectivity index (χ4n) is 2.51. The van der Waals surface area contributed by atoms with Crippen molar-refractivity contribution in [3.63, 3.8) is 0 Å². The van der Waals surface area contributed by atoms with Crippen LogP contribution in [-0.2, 0) is 11.2 Å². The lowest BCUT2D eigenvalue weighted by Crippen LogP contribution is -2.26. The van der Waals surface area contributed by atoms with Crippen LogP contribution >= 0.6 is 0 Å². The van der Waals surface area contributed by atoms with Crippen LogP contribution in [0, 0.1) is 5.82 Å². The van der Waals surface area contributed by atoms with Crippen molar-refractivity contribution < 1.29 is 13.9 Å². The fourth-order valence-corrected chi connectivity index (χ4v) is 2.51. The Bertz CT molecular complexity index is 814. The minimum absolute atomic E-state index is 0.0479. The standard InChI is InChI=1S/C19H20FN3O2/c20-14-6-1-4-9-17(14)25-13-5-10-19(24)21-12-11-18-22-15-7-2-3-8-16(15)23-18/h1-4,6-9H,5,10-13H2,(H,21,24)(H,22,23). The Kier molecular flexibility index (Phi) is 5.61. The Morgan fingerprint density at radius 3 is 2.80 bits per heavy atom. The smallest absolute Gasteiger partial charge is 0.220 e. The molecule has 0 aliphatic heterocycles. The predicted molar refractivity (Wildman–Crippen MR) is 93.9 cm³/mol. The minimum Gasteiger partial charge on any atom is -0.491 e. The van der Waals surface area contributed by atoms with Gasteiger partial charge in [0.05, 0.1) is 17.6 Å². The van der Waals surface area contributed by atoms with Gasteiger partial charge in [0.2, 0.25) is 5.91 Å². The van der Waals surface area contributed by atoms with Crippen LogP contribution in [0.1, 0.15) is 18.7 Å². The number of H-pyrrole nitrogens is 1. The van der Waals surface area contributed by atoms with Crippen LogP contribution in [-0.4, -0.2) is 29.0 Å². The quantitative estimate of drug-likeness (QED) is 0.618. The first-order valence-electron chi connectivity index (χ1n) is 8.30. The number of para-hydroxylation sites is 3. The molecule has 0 spiro atoms. The summed E-state index contributed by atoms with van der Waals surface area (Å²) in [6.07, 6.45) is 1.52.